The number of aliphatic hydroxyl groups is 1. The van der Waals surface area contributed by atoms with Gasteiger partial charge >= 0.3 is 5.97 Å². The monoisotopic (exact) mass is 318 g/mol. The van der Waals surface area contributed by atoms with E-state index in [1.54, 1.807) is 44.2 Å². The lowest BCUT2D eigenvalue weighted by molar-refractivity contribution is -0.431. The van der Waals surface area contributed by atoms with Gasteiger partial charge in [-0.25, -0.2) is 4.79 Å². The van der Waals surface area contributed by atoms with Gasteiger partial charge in [0.1, 0.15) is 12.5 Å². The van der Waals surface area contributed by atoms with Gasteiger partial charge in [-0.05, 0) is 19.4 Å². The van der Waals surface area contributed by atoms with E-state index in [1.807, 2.05) is 0 Å². The molecule has 0 saturated carbocycles. The molecule has 0 aromatic heterocycles. The maximum atomic E-state index is 12.3. The molecule has 1 atom stereocenters. The third-order valence-corrected chi connectivity index (χ3v) is 3.60. The zero-order chi connectivity index (χ0) is 17.0. The van der Waals surface area contributed by atoms with Crippen molar-refractivity contribution in [2.75, 3.05) is 13.2 Å². The van der Waals surface area contributed by atoms with Crippen LogP contribution in [0.4, 0.5) is 0 Å². The van der Waals surface area contributed by atoms with E-state index in [0.717, 1.165) is 0 Å². The van der Waals surface area contributed by atoms with E-state index in [0.29, 0.717) is 17.0 Å². The Morgan fingerprint density at radius 2 is 1.96 bits per heavy atom. The van der Waals surface area contributed by atoms with Crippen LogP contribution in [0.15, 0.2) is 53.0 Å². The Morgan fingerprint density at radius 1 is 1.30 bits per heavy atom. The molecule has 1 aromatic rings. The molecule has 1 heterocycles. The van der Waals surface area contributed by atoms with Gasteiger partial charge in [0.2, 0.25) is 0 Å². The minimum atomic E-state index is -0.821. The van der Waals surface area contributed by atoms with E-state index < -0.39 is 16.8 Å². The smallest absolute Gasteiger partial charge is 0.337 e. The summed E-state index contributed by atoms with van der Waals surface area (Å²) in [5, 5.41) is 23.2. The highest BCUT2D eigenvalue weighted by Gasteiger charge is 2.40. The number of allylic oxidation sites excluding steroid dienone is 3. The molecular formula is C16H18N2O5. The minimum absolute atomic E-state index is 0.0854. The van der Waals surface area contributed by atoms with Gasteiger partial charge in [0.05, 0.1) is 22.8 Å². The normalized spacial score (nSPS) is 17.8. The standard InChI is InChI=1S/C16H18N2O5/c1-10-13(16(20)23-9-8-19)14(12-6-4-3-5-7-12)15(18(21)22)11(2)17-10/h3-7,14,17,19H,8-9H2,1-2H3. The molecule has 0 amide bonds. The SMILES string of the molecule is CC1=C(C(=O)OCCO)C(c2ccccc2)C([N+](=O)[O-])=C(C)N1. The van der Waals surface area contributed by atoms with Crippen LogP contribution in [-0.2, 0) is 9.53 Å². The fourth-order valence-corrected chi connectivity index (χ4v) is 2.68. The molecule has 7 nitrogen and oxygen atoms in total. The van der Waals surface area contributed by atoms with E-state index in [-0.39, 0.29) is 24.5 Å². The molecule has 2 N–H and O–H groups in total. The van der Waals surface area contributed by atoms with Gasteiger partial charge in [0.15, 0.2) is 0 Å². The summed E-state index contributed by atoms with van der Waals surface area (Å²) >= 11 is 0. The number of esters is 1. The largest absolute Gasteiger partial charge is 0.460 e. The summed E-state index contributed by atoms with van der Waals surface area (Å²) in [4.78, 5) is 23.4. The highest BCUT2D eigenvalue weighted by molar-refractivity contribution is 5.92. The Bertz CT molecular complexity index is 679. The maximum Gasteiger partial charge on any atom is 0.337 e. The predicted molar refractivity (Wildman–Crippen MR) is 82.8 cm³/mol. The molecule has 7 heteroatoms. The van der Waals surface area contributed by atoms with Crippen LogP contribution in [0.3, 0.4) is 0 Å². The molecule has 0 fully saturated rings. The van der Waals surface area contributed by atoms with Crippen LogP contribution in [-0.4, -0.2) is 29.2 Å². The second-order valence-corrected chi connectivity index (χ2v) is 5.13. The first kappa shape index (κ1) is 16.7. The Labute approximate surface area is 133 Å². The number of nitrogens with zero attached hydrogens (tertiary/aromatic N) is 1. The Kier molecular flexibility index (Phi) is 5.13. The zero-order valence-corrected chi connectivity index (χ0v) is 12.9. The van der Waals surface area contributed by atoms with Crippen molar-refractivity contribution in [1.29, 1.82) is 0 Å². The number of rotatable bonds is 5. The van der Waals surface area contributed by atoms with Crippen molar-refractivity contribution in [3.8, 4) is 0 Å². The van der Waals surface area contributed by atoms with E-state index in [4.69, 9.17) is 9.84 Å². The van der Waals surface area contributed by atoms with Crippen molar-refractivity contribution in [3.63, 3.8) is 0 Å². The number of carbonyl (C=O) groups is 1. The van der Waals surface area contributed by atoms with E-state index in [1.165, 1.54) is 0 Å². The topological polar surface area (TPSA) is 102 Å². The number of hydrogen-bond acceptors (Lipinski definition) is 6. The molecule has 1 unspecified atom stereocenters. The summed E-state index contributed by atoms with van der Waals surface area (Å²) < 4.78 is 4.98. The molecule has 1 aliphatic rings. The summed E-state index contributed by atoms with van der Waals surface area (Å²) in [6.07, 6.45) is 0. The van der Waals surface area contributed by atoms with Crippen LogP contribution < -0.4 is 5.32 Å². The maximum absolute atomic E-state index is 12.3. The molecule has 122 valence electrons. The van der Waals surface area contributed by atoms with Crippen molar-refractivity contribution in [2.45, 2.75) is 19.8 Å². The number of hydrogen-bond donors (Lipinski definition) is 2. The molecule has 0 saturated heterocycles. The van der Waals surface area contributed by atoms with Crippen molar-refractivity contribution in [2.24, 2.45) is 0 Å². The fourth-order valence-electron chi connectivity index (χ4n) is 2.68. The van der Waals surface area contributed by atoms with E-state index >= 15 is 0 Å². The lowest BCUT2D eigenvalue weighted by atomic mass is 9.84. The predicted octanol–water partition coefficient (Wildman–Crippen LogP) is 1.69. The first-order valence-electron chi connectivity index (χ1n) is 7.13. The van der Waals surface area contributed by atoms with Gasteiger partial charge < -0.3 is 15.2 Å². The van der Waals surface area contributed by atoms with Gasteiger partial charge in [-0.1, -0.05) is 30.3 Å². The van der Waals surface area contributed by atoms with Gasteiger partial charge in [-0.2, -0.15) is 0 Å². The number of benzene rings is 1. The minimum Gasteiger partial charge on any atom is -0.460 e. The summed E-state index contributed by atoms with van der Waals surface area (Å²) in [7, 11) is 0. The van der Waals surface area contributed by atoms with Crippen LogP contribution >= 0.6 is 0 Å². The Hall–Kier alpha value is -2.67. The Balaban J connectivity index is 2.55. The average Bonchev–Trinajstić information content (AvgIpc) is 2.52. The summed E-state index contributed by atoms with van der Waals surface area (Å²) in [5.74, 6) is -1.50. The van der Waals surface area contributed by atoms with Crippen LogP contribution in [0.2, 0.25) is 0 Å². The summed E-state index contributed by atoms with van der Waals surface area (Å²) in [6.45, 7) is 2.81. The van der Waals surface area contributed by atoms with Crippen molar-refractivity contribution in [3.05, 3.63) is 68.7 Å². The number of nitro groups is 1. The van der Waals surface area contributed by atoms with Crippen LogP contribution in [0.25, 0.3) is 0 Å². The van der Waals surface area contributed by atoms with Crippen LogP contribution in [0.1, 0.15) is 25.3 Å². The molecule has 0 spiro atoms. The number of carbonyl (C=O) groups excluding carboxylic acids is 1. The first-order valence-corrected chi connectivity index (χ1v) is 7.13. The third kappa shape index (κ3) is 3.40. The molecule has 0 radical (unpaired) electrons. The molecule has 0 bridgehead atoms. The average molecular weight is 318 g/mol. The van der Waals surface area contributed by atoms with E-state index in [9.17, 15) is 14.9 Å². The van der Waals surface area contributed by atoms with Gasteiger partial charge in [-0.3, -0.25) is 10.1 Å². The molecule has 1 aliphatic heterocycles. The van der Waals surface area contributed by atoms with Crippen molar-refractivity contribution in [1.82, 2.24) is 5.32 Å². The van der Waals surface area contributed by atoms with Crippen LogP contribution in [0.5, 0.6) is 0 Å². The fraction of sp³-hybridized carbons (Fsp3) is 0.312. The second kappa shape index (κ2) is 7.06. The van der Waals surface area contributed by atoms with Gasteiger partial charge in [-0.15, -0.1) is 0 Å². The highest BCUT2D eigenvalue weighted by atomic mass is 16.6. The number of aliphatic hydroxyl groups excluding tert-OH is 1. The molecule has 2 rings (SSSR count). The van der Waals surface area contributed by atoms with Crippen LogP contribution in [0, 0.1) is 10.1 Å². The molecule has 23 heavy (non-hydrogen) atoms. The third-order valence-electron chi connectivity index (χ3n) is 3.60. The summed E-state index contributed by atoms with van der Waals surface area (Å²) in [5.41, 5.74) is 1.63. The number of nitrogens with one attached hydrogen (secondary N) is 1. The van der Waals surface area contributed by atoms with E-state index in [2.05, 4.69) is 5.32 Å². The van der Waals surface area contributed by atoms with Gasteiger partial charge in [0, 0.05) is 5.70 Å². The number of ether oxygens (including phenoxy) is 1. The first-order chi connectivity index (χ1) is 11.0. The molecular weight excluding hydrogens is 300 g/mol. The Morgan fingerprint density at radius 3 is 2.52 bits per heavy atom. The second-order valence-electron chi connectivity index (χ2n) is 5.13. The lowest BCUT2D eigenvalue weighted by Crippen LogP contribution is -2.31. The molecule has 1 aromatic carbocycles. The lowest BCUT2D eigenvalue weighted by Gasteiger charge is -2.26. The summed E-state index contributed by atoms with van der Waals surface area (Å²) in [6, 6.07) is 8.79. The highest BCUT2D eigenvalue weighted by Crippen LogP contribution is 2.38. The van der Waals surface area contributed by atoms with Crippen molar-refractivity contribution >= 4 is 5.97 Å². The number of dihydropyridines is 1. The van der Waals surface area contributed by atoms with Crippen molar-refractivity contribution < 1.29 is 19.6 Å². The zero-order valence-electron chi connectivity index (χ0n) is 12.9. The quantitative estimate of drug-likeness (QED) is 0.487. The van der Waals surface area contributed by atoms with Gasteiger partial charge in [0.25, 0.3) is 5.70 Å². The molecule has 0 aliphatic carbocycles.